The van der Waals surface area contributed by atoms with Crippen LogP contribution in [0.3, 0.4) is 0 Å². The second-order valence-electron chi connectivity index (χ2n) is 3.21. The number of nitrogens with zero attached hydrogens (tertiary/aromatic N) is 2. The summed E-state index contributed by atoms with van der Waals surface area (Å²) in [6.45, 7) is 0. The van der Waals surface area contributed by atoms with Gasteiger partial charge in [0.1, 0.15) is 17.6 Å². The Hall–Kier alpha value is -1.10. The molecule has 1 heterocycles. The molecule has 0 bridgehead atoms. The number of aliphatic hydroxyl groups is 1. The van der Waals surface area contributed by atoms with Crippen LogP contribution in [0.4, 0.5) is 8.78 Å². The maximum atomic E-state index is 13.1. The molecule has 5 heteroatoms. The third kappa shape index (κ3) is 1.19. The van der Waals surface area contributed by atoms with Crippen molar-refractivity contribution in [3.05, 3.63) is 23.8 Å². The largest absolute Gasteiger partial charge is 0.383 e. The SMILES string of the molecule is OC1(c2ncnc(F)c2F)CCC1. The minimum Gasteiger partial charge on any atom is -0.383 e. The van der Waals surface area contributed by atoms with Crippen LogP contribution in [0.2, 0.25) is 0 Å². The van der Waals surface area contributed by atoms with Crippen molar-refractivity contribution in [3.63, 3.8) is 0 Å². The normalized spacial score (nSPS) is 19.6. The molecule has 0 spiro atoms. The van der Waals surface area contributed by atoms with Crippen LogP contribution in [0.25, 0.3) is 0 Å². The van der Waals surface area contributed by atoms with Crippen molar-refractivity contribution >= 4 is 0 Å². The predicted molar refractivity (Wildman–Crippen MR) is 39.7 cm³/mol. The summed E-state index contributed by atoms with van der Waals surface area (Å²) in [5.41, 5.74) is -1.49. The molecule has 1 aromatic rings. The van der Waals surface area contributed by atoms with Gasteiger partial charge in [-0.25, -0.2) is 9.97 Å². The Morgan fingerprint density at radius 1 is 1.31 bits per heavy atom. The van der Waals surface area contributed by atoms with Crippen LogP contribution in [0.15, 0.2) is 6.33 Å². The van der Waals surface area contributed by atoms with Crippen molar-refractivity contribution < 1.29 is 13.9 Å². The Kier molecular flexibility index (Phi) is 1.76. The molecular weight excluding hydrogens is 178 g/mol. The first-order chi connectivity index (χ1) is 6.13. The second kappa shape index (κ2) is 2.70. The molecule has 0 amide bonds. The molecule has 1 aliphatic carbocycles. The van der Waals surface area contributed by atoms with Crippen LogP contribution in [-0.4, -0.2) is 15.1 Å². The average Bonchev–Trinajstić information content (AvgIpc) is 2.06. The van der Waals surface area contributed by atoms with Gasteiger partial charge in [-0.3, -0.25) is 0 Å². The van der Waals surface area contributed by atoms with Crippen LogP contribution < -0.4 is 0 Å². The van der Waals surface area contributed by atoms with Gasteiger partial charge in [-0.15, -0.1) is 0 Å². The monoisotopic (exact) mass is 186 g/mol. The van der Waals surface area contributed by atoms with E-state index in [9.17, 15) is 13.9 Å². The number of aromatic nitrogens is 2. The van der Waals surface area contributed by atoms with Crippen molar-refractivity contribution in [2.45, 2.75) is 24.9 Å². The van der Waals surface area contributed by atoms with Gasteiger partial charge in [0.05, 0.1) is 0 Å². The lowest BCUT2D eigenvalue weighted by molar-refractivity contribution is -0.0464. The van der Waals surface area contributed by atoms with Crippen LogP contribution in [-0.2, 0) is 5.60 Å². The van der Waals surface area contributed by atoms with E-state index in [4.69, 9.17) is 0 Å². The second-order valence-corrected chi connectivity index (χ2v) is 3.21. The van der Waals surface area contributed by atoms with E-state index in [0.29, 0.717) is 12.8 Å². The molecule has 0 radical (unpaired) electrons. The fourth-order valence-electron chi connectivity index (χ4n) is 1.42. The molecule has 0 unspecified atom stereocenters. The van der Waals surface area contributed by atoms with Gasteiger partial charge in [0.2, 0.25) is 5.82 Å². The third-order valence-electron chi connectivity index (χ3n) is 2.37. The summed E-state index contributed by atoms with van der Waals surface area (Å²) in [6.07, 6.45) is 2.59. The molecule has 3 nitrogen and oxygen atoms in total. The predicted octanol–water partition coefficient (Wildman–Crippen LogP) is 1.13. The van der Waals surface area contributed by atoms with E-state index in [1.165, 1.54) is 0 Å². The highest BCUT2D eigenvalue weighted by molar-refractivity contribution is 5.16. The number of halogens is 2. The Morgan fingerprint density at radius 3 is 2.54 bits per heavy atom. The quantitative estimate of drug-likeness (QED) is 0.668. The van der Waals surface area contributed by atoms with Crippen molar-refractivity contribution in [3.8, 4) is 0 Å². The zero-order valence-electron chi connectivity index (χ0n) is 6.80. The molecule has 1 saturated carbocycles. The lowest BCUT2D eigenvalue weighted by Crippen LogP contribution is -2.36. The molecular formula is C8H8F2N2O. The smallest absolute Gasteiger partial charge is 0.252 e. The zero-order valence-corrected chi connectivity index (χ0v) is 6.80. The Morgan fingerprint density at radius 2 is 2.00 bits per heavy atom. The van der Waals surface area contributed by atoms with E-state index in [1.54, 1.807) is 0 Å². The molecule has 0 aliphatic heterocycles. The van der Waals surface area contributed by atoms with Gasteiger partial charge < -0.3 is 5.11 Å². The molecule has 1 fully saturated rings. The van der Waals surface area contributed by atoms with E-state index in [1.807, 2.05) is 0 Å². The maximum absolute atomic E-state index is 13.1. The Balaban J connectivity index is 2.45. The maximum Gasteiger partial charge on any atom is 0.252 e. The highest BCUT2D eigenvalue weighted by Gasteiger charge is 2.40. The summed E-state index contributed by atoms with van der Waals surface area (Å²) in [4.78, 5) is 6.60. The van der Waals surface area contributed by atoms with E-state index >= 15 is 0 Å². The standard InChI is InChI=1S/C8H8F2N2O/c9-5-6(8(13)2-1-3-8)11-4-12-7(5)10/h4,13H,1-3H2. The van der Waals surface area contributed by atoms with Gasteiger partial charge in [-0.2, -0.15) is 8.78 Å². The lowest BCUT2D eigenvalue weighted by Gasteiger charge is -2.35. The van der Waals surface area contributed by atoms with E-state index < -0.39 is 17.4 Å². The van der Waals surface area contributed by atoms with Crippen LogP contribution in [0, 0.1) is 11.8 Å². The minimum absolute atomic E-state index is 0.216. The molecule has 13 heavy (non-hydrogen) atoms. The highest BCUT2D eigenvalue weighted by Crippen LogP contribution is 2.40. The summed E-state index contributed by atoms with van der Waals surface area (Å²) in [5, 5.41) is 9.69. The van der Waals surface area contributed by atoms with Crippen molar-refractivity contribution in [2.24, 2.45) is 0 Å². The highest BCUT2D eigenvalue weighted by atomic mass is 19.2. The van der Waals surface area contributed by atoms with Crippen molar-refractivity contribution in [1.82, 2.24) is 9.97 Å². The Labute approximate surface area is 73.4 Å². The topological polar surface area (TPSA) is 46.0 Å². The van der Waals surface area contributed by atoms with Gasteiger partial charge in [-0.05, 0) is 19.3 Å². The molecule has 1 aromatic heterocycles. The third-order valence-corrected chi connectivity index (χ3v) is 2.37. The van der Waals surface area contributed by atoms with Gasteiger partial charge in [-0.1, -0.05) is 0 Å². The Bertz CT molecular complexity index is 339. The first kappa shape index (κ1) is 8.50. The van der Waals surface area contributed by atoms with Gasteiger partial charge >= 0.3 is 0 Å². The minimum atomic E-state index is -1.27. The fraction of sp³-hybridized carbons (Fsp3) is 0.500. The first-order valence-electron chi connectivity index (χ1n) is 4.02. The van der Waals surface area contributed by atoms with E-state index in [-0.39, 0.29) is 5.69 Å². The van der Waals surface area contributed by atoms with Gasteiger partial charge in [0.25, 0.3) is 5.95 Å². The van der Waals surface area contributed by atoms with Crippen molar-refractivity contribution in [2.75, 3.05) is 0 Å². The molecule has 0 aromatic carbocycles. The lowest BCUT2D eigenvalue weighted by atomic mass is 9.77. The van der Waals surface area contributed by atoms with E-state index in [2.05, 4.69) is 9.97 Å². The summed E-state index contributed by atoms with van der Waals surface area (Å²) in [5.74, 6) is -2.34. The summed E-state index contributed by atoms with van der Waals surface area (Å²) >= 11 is 0. The van der Waals surface area contributed by atoms with Crippen LogP contribution in [0.1, 0.15) is 25.0 Å². The van der Waals surface area contributed by atoms with Crippen molar-refractivity contribution in [1.29, 1.82) is 0 Å². The molecule has 0 atom stereocenters. The molecule has 70 valence electrons. The van der Waals surface area contributed by atoms with Gasteiger partial charge in [0, 0.05) is 0 Å². The molecule has 0 saturated heterocycles. The molecule has 1 aliphatic rings. The fourth-order valence-corrected chi connectivity index (χ4v) is 1.42. The average molecular weight is 186 g/mol. The number of hydrogen-bond acceptors (Lipinski definition) is 3. The summed E-state index contributed by atoms with van der Waals surface area (Å²) in [6, 6.07) is 0. The van der Waals surface area contributed by atoms with Crippen LogP contribution in [0.5, 0.6) is 0 Å². The van der Waals surface area contributed by atoms with Crippen LogP contribution >= 0.6 is 0 Å². The summed E-state index contributed by atoms with van der Waals surface area (Å²) < 4.78 is 25.7. The first-order valence-corrected chi connectivity index (χ1v) is 4.02. The zero-order chi connectivity index (χ0) is 9.47. The number of rotatable bonds is 1. The van der Waals surface area contributed by atoms with E-state index in [0.717, 1.165) is 12.7 Å². The number of hydrogen-bond donors (Lipinski definition) is 1. The molecule has 1 N–H and O–H groups in total. The summed E-state index contributed by atoms with van der Waals surface area (Å²) in [7, 11) is 0. The molecule has 2 rings (SSSR count). The van der Waals surface area contributed by atoms with Gasteiger partial charge in [0.15, 0.2) is 0 Å².